The van der Waals surface area contributed by atoms with Gasteiger partial charge in [-0.2, -0.15) is 5.10 Å². The summed E-state index contributed by atoms with van der Waals surface area (Å²) in [7, 11) is 0. The molecule has 1 aliphatic rings. The Morgan fingerprint density at radius 3 is 2.85 bits per heavy atom. The highest BCUT2D eigenvalue weighted by Gasteiger charge is 2.22. The quantitative estimate of drug-likeness (QED) is 0.741. The minimum Gasteiger partial charge on any atom is -0.356 e. The Morgan fingerprint density at radius 2 is 2.20 bits per heavy atom. The molecule has 108 valence electrons. The van der Waals surface area contributed by atoms with Gasteiger partial charge in [0.05, 0.1) is 10.5 Å². The van der Waals surface area contributed by atoms with Gasteiger partial charge in [-0.25, -0.2) is 13.5 Å². The molecule has 1 aliphatic heterocycles. The molecule has 20 heavy (non-hydrogen) atoms. The van der Waals surface area contributed by atoms with Crippen molar-refractivity contribution in [3.63, 3.8) is 0 Å². The minimum absolute atomic E-state index is 0.0527. The number of rotatable bonds is 2. The van der Waals surface area contributed by atoms with Crippen molar-refractivity contribution in [3.05, 3.63) is 27.3 Å². The molecule has 7 heteroatoms. The van der Waals surface area contributed by atoms with Crippen LogP contribution in [0.25, 0.3) is 10.9 Å². The van der Waals surface area contributed by atoms with Gasteiger partial charge in [0.25, 0.3) is 6.43 Å². The fourth-order valence-corrected chi connectivity index (χ4v) is 3.17. The van der Waals surface area contributed by atoms with Crippen LogP contribution in [0.3, 0.4) is 0 Å². The molecule has 0 N–H and O–H groups in total. The first-order valence-electron chi connectivity index (χ1n) is 6.35. The van der Waals surface area contributed by atoms with Gasteiger partial charge in [0.15, 0.2) is 6.23 Å². The number of halogens is 4. The molecule has 0 spiro atoms. The second kappa shape index (κ2) is 5.58. The second-order valence-electron chi connectivity index (χ2n) is 4.75. The first-order valence-corrected chi connectivity index (χ1v) is 7.52. The summed E-state index contributed by atoms with van der Waals surface area (Å²) in [5, 5.41) is 5.04. The Morgan fingerprint density at radius 1 is 1.40 bits per heavy atom. The Kier molecular flexibility index (Phi) is 3.97. The molecule has 2 heterocycles. The number of alkyl halides is 2. The lowest BCUT2D eigenvalue weighted by atomic mass is 10.1. The van der Waals surface area contributed by atoms with Crippen LogP contribution in [0.1, 0.15) is 37.5 Å². The van der Waals surface area contributed by atoms with Crippen molar-refractivity contribution in [2.75, 3.05) is 6.61 Å². The number of fused-ring (bicyclic) bond motifs is 1. The third-order valence-corrected chi connectivity index (χ3v) is 4.36. The maximum absolute atomic E-state index is 12.9. The summed E-state index contributed by atoms with van der Waals surface area (Å²) >= 11 is 9.26. The number of hydrogen-bond donors (Lipinski definition) is 0. The summed E-state index contributed by atoms with van der Waals surface area (Å²) in [4.78, 5) is 0. The summed E-state index contributed by atoms with van der Waals surface area (Å²) in [6.07, 6.45) is 0.191. The van der Waals surface area contributed by atoms with E-state index in [1.165, 1.54) is 12.1 Å². The van der Waals surface area contributed by atoms with Crippen LogP contribution in [0.5, 0.6) is 0 Å². The van der Waals surface area contributed by atoms with Gasteiger partial charge in [-0.1, -0.05) is 11.6 Å². The van der Waals surface area contributed by atoms with E-state index < -0.39 is 6.43 Å². The first-order chi connectivity index (χ1) is 9.58. The van der Waals surface area contributed by atoms with Crippen molar-refractivity contribution in [3.8, 4) is 0 Å². The molecule has 1 aromatic heterocycles. The highest BCUT2D eigenvalue weighted by atomic mass is 79.9. The van der Waals surface area contributed by atoms with Gasteiger partial charge in [-0.05, 0) is 47.3 Å². The Hall–Kier alpha value is -0.720. The van der Waals surface area contributed by atoms with Gasteiger partial charge in [-0.3, -0.25) is 0 Å². The molecule has 1 atom stereocenters. The molecular formula is C13H12BrClF2N2O. The van der Waals surface area contributed by atoms with Gasteiger partial charge >= 0.3 is 0 Å². The molecule has 1 fully saturated rings. The van der Waals surface area contributed by atoms with Gasteiger partial charge < -0.3 is 4.74 Å². The van der Waals surface area contributed by atoms with Crippen molar-refractivity contribution >= 4 is 38.4 Å². The van der Waals surface area contributed by atoms with E-state index in [2.05, 4.69) is 21.0 Å². The number of benzene rings is 1. The zero-order valence-electron chi connectivity index (χ0n) is 10.5. The number of aromatic nitrogens is 2. The van der Waals surface area contributed by atoms with Crippen LogP contribution in [-0.4, -0.2) is 16.4 Å². The Labute approximate surface area is 128 Å². The van der Waals surface area contributed by atoms with E-state index in [4.69, 9.17) is 16.3 Å². The van der Waals surface area contributed by atoms with E-state index in [1.807, 2.05) is 0 Å². The predicted molar refractivity (Wildman–Crippen MR) is 76.2 cm³/mol. The monoisotopic (exact) mass is 364 g/mol. The average Bonchev–Trinajstić information content (AvgIpc) is 2.75. The number of ether oxygens (including phenoxy) is 1. The molecule has 1 aromatic carbocycles. The summed E-state index contributed by atoms with van der Waals surface area (Å²) in [6.45, 7) is 0.687. The topological polar surface area (TPSA) is 27.1 Å². The molecule has 3 rings (SSSR count). The molecule has 0 bridgehead atoms. The molecule has 1 saturated heterocycles. The predicted octanol–water partition coefficient (Wildman–Crippen LogP) is 5.09. The van der Waals surface area contributed by atoms with E-state index >= 15 is 0 Å². The van der Waals surface area contributed by atoms with Crippen molar-refractivity contribution in [2.45, 2.75) is 31.9 Å². The molecule has 0 radical (unpaired) electrons. The van der Waals surface area contributed by atoms with Crippen molar-refractivity contribution in [1.82, 2.24) is 9.78 Å². The summed E-state index contributed by atoms with van der Waals surface area (Å²) in [5.41, 5.74) is 0.530. The molecule has 0 saturated carbocycles. The van der Waals surface area contributed by atoms with E-state index in [0.717, 1.165) is 19.3 Å². The third-order valence-electron chi connectivity index (χ3n) is 3.44. The normalized spacial score (nSPS) is 19.9. The lowest BCUT2D eigenvalue weighted by molar-refractivity contribution is -0.0368. The van der Waals surface area contributed by atoms with E-state index in [-0.39, 0.29) is 16.8 Å². The van der Waals surface area contributed by atoms with Crippen LogP contribution in [0, 0.1) is 0 Å². The summed E-state index contributed by atoms with van der Waals surface area (Å²) in [6, 6.07) is 2.92. The molecule has 0 amide bonds. The van der Waals surface area contributed by atoms with Crippen LogP contribution in [0.4, 0.5) is 8.78 Å². The van der Waals surface area contributed by atoms with Gasteiger partial charge in [0.1, 0.15) is 4.60 Å². The van der Waals surface area contributed by atoms with E-state index in [9.17, 15) is 8.78 Å². The van der Waals surface area contributed by atoms with Crippen LogP contribution < -0.4 is 0 Å². The Balaban J connectivity index is 2.12. The standard InChI is InChI=1S/C13H12BrClF2N2O/c14-12-8-5-7(13(16)17)9(15)6-10(8)19(18-12)11-3-1-2-4-20-11/h5-6,11,13H,1-4H2. The SMILES string of the molecule is FC(F)c1cc2c(Br)nn(C3CCCCO3)c2cc1Cl. The minimum atomic E-state index is -2.60. The van der Waals surface area contributed by atoms with Gasteiger partial charge in [0.2, 0.25) is 0 Å². The maximum Gasteiger partial charge on any atom is 0.265 e. The molecule has 1 unspecified atom stereocenters. The van der Waals surface area contributed by atoms with Crippen LogP contribution in [0.15, 0.2) is 16.7 Å². The molecular weight excluding hydrogens is 354 g/mol. The van der Waals surface area contributed by atoms with Gasteiger partial charge in [0, 0.05) is 17.6 Å². The zero-order valence-corrected chi connectivity index (χ0v) is 12.8. The molecule has 3 nitrogen and oxygen atoms in total. The fraction of sp³-hybridized carbons (Fsp3) is 0.462. The zero-order chi connectivity index (χ0) is 14.3. The Bertz CT molecular complexity index is 641. The average molecular weight is 366 g/mol. The second-order valence-corrected chi connectivity index (χ2v) is 5.91. The van der Waals surface area contributed by atoms with Crippen molar-refractivity contribution in [1.29, 1.82) is 0 Å². The van der Waals surface area contributed by atoms with Crippen molar-refractivity contribution in [2.24, 2.45) is 0 Å². The van der Waals surface area contributed by atoms with Crippen LogP contribution >= 0.6 is 27.5 Å². The number of nitrogens with zero attached hydrogens (tertiary/aromatic N) is 2. The summed E-state index contributed by atoms with van der Waals surface area (Å²) in [5.74, 6) is 0. The van der Waals surface area contributed by atoms with Gasteiger partial charge in [-0.15, -0.1) is 0 Å². The van der Waals surface area contributed by atoms with E-state index in [0.29, 0.717) is 22.1 Å². The summed E-state index contributed by atoms with van der Waals surface area (Å²) < 4.78 is 33.7. The first kappa shape index (κ1) is 14.2. The maximum atomic E-state index is 12.9. The molecule has 0 aliphatic carbocycles. The third kappa shape index (κ3) is 2.44. The lowest BCUT2D eigenvalue weighted by Gasteiger charge is -2.23. The molecule has 2 aromatic rings. The number of hydrogen-bond acceptors (Lipinski definition) is 2. The van der Waals surface area contributed by atoms with Crippen LogP contribution in [0.2, 0.25) is 5.02 Å². The van der Waals surface area contributed by atoms with Crippen LogP contribution in [-0.2, 0) is 4.74 Å². The van der Waals surface area contributed by atoms with Crippen molar-refractivity contribution < 1.29 is 13.5 Å². The smallest absolute Gasteiger partial charge is 0.265 e. The fourth-order valence-electron chi connectivity index (χ4n) is 2.44. The largest absolute Gasteiger partial charge is 0.356 e. The van der Waals surface area contributed by atoms with E-state index in [1.54, 1.807) is 4.68 Å². The highest BCUT2D eigenvalue weighted by Crippen LogP contribution is 2.36. The lowest BCUT2D eigenvalue weighted by Crippen LogP contribution is -2.19. The highest BCUT2D eigenvalue weighted by molar-refractivity contribution is 9.10.